The molecule has 0 unspecified atom stereocenters. The fourth-order valence-electron chi connectivity index (χ4n) is 7.47. The van der Waals surface area contributed by atoms with Gasteiger partial charge in [0, 0.05) is 42.1 Å². The molecule has 5 nitrogen and oxygen atoms in total. The lowest BCUT2D eigenvalue weighted by Gasteiger charge is -2.60. The van der Waals surface area contributed by atoms with Gasteiger partial charge < -0.3 is 14.7 Å². The maximum atomic E-state index is 13.2. The van der Waals surface area contributed by atoms with Gasteiger partial charge in [0.2, 0.25) is 0 Å². The maximum Gasteiger partial charge on any atom is 0.298 e. The second kappa shape index (κ2) is 8.17. The first-order valence-corrected chi connectivity index (χ1v) is 12.7. The number of hydrogen-bond donors (Lipinski definition) is 1. The summed E-state index contributed by atoms with van der Waals surface area (Å²) in [5, 5.41) is 10.8. The maximum absolute atomic E-state index is 13.2. The minimum Gasteiger partial charge on any atom is -0.504 e. The molecule has 35 heavy (non-hydrogen) atoms. The number of phenols is 1. The molecule has 2 heterocycles. The molecule has 5 atom stereocenters. The highest BCUT2D eigenvalue weighted by molar-refractivity contribution is 5.94. The smallest absolute Gasteiger partial charge is 0.298 e. The van der Waals surface area contributed by atoms with Crippen molar-refractivity contribution in [3.63, 3.8) is 0 Å². The van der Waals surface area contributed by atoms with Crippen LogP contribution >= 0.6 is 0 Å². The second-order valence-corrected chi connectivity index (χ2v) is 10.6. The predicted octanol–water partition coefficient (Wildman–Crippen LogP) is 3.80. The highest BCUT2D eigenvalue weighted by Crippen LogP contribution is 2.64. The van der Waals surface area contributed by atoms with E-state index in [0.29, 0.717) is 17.7 Å². The first-order chi connectivity index (χ1) is 16.9. The van der Waals surface area contributed by atoms with E-state index < -0.39 is 0 Å². The van der Waals surface area contributed by atoms with Crippen LogP contribution in [0.5, 0.6) is 11.5 Å². The van der Waals surface area contributed by atoms with E-state index in [9.17, 15) is 9.90 Å². The van der Waals surface area contributed by atoms with Gasteiger partial charge in [-0.15, -0.1) is 6.58 Å². The summed E-state index contributed by atoms with van der Waals surface area (Å²) in [6, 6.07) is 12.1. The number of amides is 1. The predicted molar refractivity (Wildman–Crippen MR) is 135 cm³/mol. The summed E-state index contributed by atoms with van der Waals surface area (Å²) >= 11 is 0. The molecule has 2 aromatic carbocycles. The van der Waals surface area contributed by atoms with Gasteiger partial charge in [-0.05, 0) is 74.4 Å². The molecular weight excluding hydrogens is 436 g/mol. The van der Waals surface area contributed by atoms with E-state index in [1.807, 2.05) is 44.3 Å². The van der Waals surface area contributed by atoms with E-state index in [2.05, 4.69) is 29.4 Å². The Morgan fingerprint density at radius 3 is 3.00 bits per heavy atom. The molecule has 180 valence electrons. The Hall–Kier alpha value is -3.23. The molecule has 5 heteroatoms. The minimum atomic E-state index is -0.188. The lowest BCUT2D eigenvalue weighted by Crippen LogP contribution is -2.68. The van der Waals surface area contributed by atoms with Crippen LogP contribution in [-0.4, -0.2) is 59.1 Å². The van der Waals surface area contributed by atoms with Crippen LogP contribution in [0, 0.1) is 24.7 Å². The number of piperidine rings is 1. The van der Waals surface area contributed by atoms with Crippen molar-refractivity contribution in [3.05, 3.63) is 71.3 Å². The van der Waals surface area contributed by atoms with Gasteiger partial charge in [0.1, 0.15) is 6.10 Å². The molecule has 1 amide bonds. The number of nitrogens with zero attached hydrogens (tertiary/aromatic N) is 2. The molecule has 4 aliphatic rings. The summed E-state index contributed by atoms with van der Waals surface area (Å²) in [4.78, 5) is 17.6. The van der Waals surface area contributed by atoms with Crippen molar-refractivity contribution in [1.82, 2.24) is 9.80 Å². The fraction of sp³-hybridized carbons (Fsp3) is 0.433. The summed E-state index contributed by atoms with van der Waals surface area (Å²) in [6.07, 6.45) is 5.66. The number of rotatable bonds is 3. The Labute approximate surface area is 207 Å². The topological polar surface area (TPSA) is 53.0 Å². The van der Waals surface area contributed by atoms with Crippen LogP contribution in [-0.2, 0) is 16.6 Å². The van der Waals surface area contributed by atoms with Crippen LogP contribution in [0.2, 0.25) is 0 Å². The fourth-order valence-corrected chi connectivity index (χ4v) is 7.47. The highest BCUT2D eigenvalue weighted by atomic mass is 16.5. The zero-order chi connectivity index (χ0) is 24.3. The molecular formula is C30H32N2O3. The number of carbonyl (C=O) groups is 1. The average molecular weight is 469 g/mol. The van der Waals surface area contributed by atoms with Crippen LogP contribution in [0.25, 0.3) is 0 Å². The van der Waals surface area contributed by atoms with Crippen LogP contribution in [0.3, 0.4) is 0 Å². The number of phenolic OH excluding ortho intramolecular Hbond substituents is 1. The average Bonchev–Trinajstić information content (AvgIpc) is 3.20. The molecule has 6 rings (SSSR count). The van der Waals surface area contributed by atoms with Gasteiger partial charge in [-0.1, -0.05) is 30.2 Å². The molecule has 1 N–H and O–H groups in total. The molecule has 2 aliphatic heterocycles. The van der Waals surface area contributed by atoms with Crippen LogP contribution < -0.4 is 4.74 Å². The van der Waals surface area contributed by atoms with E-state index in [-0.39, 0.29) is 29.2 Å². The van der Waals surface area contributed by atoms with Crippen molar-refractivity contribution in [2.75, 3.05) is 20.1 Å². The van der Waals surface area contributed by atoms with Crippen molar-refractivity contribution in [3.8, 4) is 23.3 Å². The van der Waals surface area contributed by atoms with Crippen molar-refractivity contribution in [1.29, 1.82) is 0 Å². The van der Waals surface area contributed by atoms with Crippen molar-refractivity contribution < 1.29 is 14.6 Å². The lowest BCUT2D eigenvalue weighted by atomic mass is 9.51. The van der Waals surface area contributed by atoms with E-state index in [0.717, 1.165) is 49.9 Å². The summed E-state index contributed by atoms with van der Waals surface area (Å²) in [5.41, 5.74) is 4.28. The third-order valence-corrected chi connectivity index (χ3v) is 8.91. The quantitative estimate of drug-likeness (QED) is 0.550. The van der Waals surface area contributed by atoms with Gasteiger partial charge in [0.15, 0.2) is 11.5 Å². The third kappa shape index (κ3) is 3.23. The van der Waals surface area contributed by atoms with Crippen molar-refractivity contribution in [2.24, 2.45) is 5.92 Å². The van der Waals surface area contributed by atoms with Gasteiger partial charge in [-0.25, -0.2) is 0 Å². The Bertz CT molecular complexity index is 1270. The molecule has 0 aromatic heterocycles. The van der Waals surface area contributed by atoms with E-state index in [1.54, 1.807) is 11.0 Å². The number of carbonyl (C=O) groups excluding carboxylic acids is 1. The van der Waals surface area contributed by atoms with Crippen molar-refractivity contribution in [2.45, 2.75) is 56.2 Å². The number of aromatic hydroxyl groups is 1. The number of likely N-dealkylation sites (N-methyl/N-ethyl adjacent to an activating group) is 1. The third-order valence-electron chi connectivity index (χ3n) is 8.91. The zero-order valence-corrected chi connectivity index (χ0v) is 20.5. The molecule has 1 saturated heterocycles. The van der Waals surface area contributed by atoms with E-state index >= 15 is 0 Å². The summed E-state index contributed by atoms with van der Waals surface area (Å²) in [5.74, 6) is 7.02. The number of aryl methyl sites for hydroxylation is 1. The Morgan fingerprint density at radius 2 is 2.20 bits per heavy atom. The normalized spacial score (nSPS) is 29.9. The Kier molecular flexibility index (Phi) is 5.19. The van der Waals surface area contributed by atoms with Gasteiger partial charge in [-0.3, -0.25) is 9.69 Å². The number of benzene rings is 2. The number of hydrogen-bond acceptors (Lipinski definition) is 4. The molecule has 1 saturated carbocycles. The highest BCUT2D eigenvalue weighted by Gasteiger charge is 2.66. The van der Waals surface area contributed by atoms with Crippen LogP contribution in [0.1, 0.15) is 41.5 Å². The first-order valence-electron chi connectivity index (χ1n) is 12.7. The Balaban J connectivity index is 1.36. The standard InChI is InChI=1S/C30H32N2O3/c1-4-15-32-16-14-30-22-10-11-23(31(3)26(34)13-8-20-7-5-6-19(2)17-20)29(30)35-28-25(33)12-9-21(27(28)30)18-24(22)32/h4-7,9,12,17,22-24,29,33H,1,10-11,14-16,18H2,2-3H3/t22-,23+,24+,29-,30-/m0/s1. The van der Waals surface area contributed by atoms with Gasteiger partial charge in [0.05, 0.1) is 6.04 Å². The van der Waals surface area contributed by atoms with Crippen LogP contribution in [0.15, 0.2) is 49.1 Å². The first kappa shape index (κ1) is 22.2. The number of ether oxygens (including phenoxy) is 1. The van der Waals surface area contributed by atoms with Crippen LogP contribution in [0.4, 0.5) is 0 Å². The Morgan fingerprint density at radius 1 is 1.34 bits per heavy atom. The monoisotopic (exact) mass is 468 g/mol. The van der Waals surface area contributed by atoms with Gasteiger partial charge in [0.25, 0.3) is 5.91 Å². The largest absolute Gasteiger partial charge is 0.504 e. The summed E-state index contributed by atoms with van der Waals surface area (Å²) < 4.78 is 6.64. The number of likely N-dealkylation sites (tertiary alicyclic amines) is 1. The molecule has 2 bridgehead atoms. The molecule has 0 radical (unpaired) electrons. The lowest BCUT2D eigenvalue weighted by molar-refractivity contribution is -0.134. The van der Waals surface area contributed by atoms with Gasteiger partial charge >= 0.3 is 0 Å². The van der Waals surface area contributed by atoms with Gasteiger partial charge in [-0.2, -0.15) is 0 Å². The molecule has 2 aromatic rings. The SMILES string of the molecule is C=CCN1CC[C@]23c4c5ccc(O)c4O[C@H]2[C@H](N(C)C(=O)C#Cc2cccc(C)c2)CC[C@H]3[C@H]1C5. The molecule has 1 spiro atoms. The van der Waals surface area contributed by atoms with E-state index in [1.165, 1.54) is 11.1 Å². The zero-order valence-electron chi connectivity index (χ0n) is 20.5. The summed E-state index contributed by atoms with van der Waals surface area (Å²) in [7, 11) is 1.86. The van der Waals surface area contributed by atoms with Crippen molar-refractivity contribution >= 4 is 5.91 Å². The van der Waals surface area contributed by atoms with E-state index in [4.69, 9.17) is 4.74 Å². The molecule has 2 aliphatic carbocycles. The second-order valence-electron chi connectivity index (χ2n) is 10.6. The molecule has 2 fully saturated rings. The summed E-state index contributed by atoms with van der Waals surface area (Å²) in [6.45, 7) is 7.87. The minimum absolute atomic E-state index is 0.0880.